The number of aromatic nitrogens is 1. The van der Waals surface area contributed by atoms with Gasteiger partial charge in [-0.15, -0.1) is 0 Å². The van der Waals surface area contributed by atoms with Gasteiger partial charge in [-0.05, 0) is 24.8 Å². The van der Waals surface area contributed by atoms with Crippen LogP contribution in [0.25, 0.3) is 10.9 Å². The van der Waals surface area contributed by atoms with Gasteiger partial charge in [0.15, 0.2) is 0 Å². The zero-order valence-corrected chi connectivity index (χ0v) is 14.5. The number of amides is 2. The van der Waals surface area contributed by atoms with E-state index in [2.05, 4.69) is 28.2 Å². The number of carbonyl (C=O) groups is 1. The van der Waals surface area contributed by atoms with E-state index in [1.54, 1.807) is 7.11 Å². The minimum atomic E-state index is -0.108. The van der Waals surface area contributed by atoms with Crippen molar-refractivity contribution < 1.29 is 9.53 Å². The summed E-state index contributed by atoms with van der Waals surface area (Å²) in [6.45, 7) is 3.63. The predicted octanol–water partition coefficient (Wildman–Crippen LogP) is 3.99. The summed E-state index contributed by atoms with van der Waals surface area (Å²) < 4.78 is 7.30. The molecule has 1 aromatic carbocycles. The van der Waals surface area contributed by atoms with E-state index in [-0.39, 0.29) is 12.1 Å². The van der Waals surface area contributed by atoms with Crippen LogP contribution in [0.1, 0.15) is 32.6 Å². The third-order valence-electron chi connectivity index (χ3n) is 5.00. The molecule has 1 aromatic heterocycles. The van der Waals surface area contributed by atoms with E-state index in [0.717, 1.165) is 29.6 Å². The number of fused-ring (bicyclic) bond motifs is 1. The molecule has 24 heavy (non-hydrogen) atoms. The first kappa shape index (κ1) is 16.8. The first-order valence-electron chi connectivity index (χ1n) is 8.83. The first-order valence-corrected chi connectivity index (χ1v) is 8.83. The average Bonchev–Trinajstić information content (AvgIpc) is 2.93. The second kappa shape index (κ2) is 7.71. The average molecular weight is 329 g/mol. The standard InChI is InChI=1S/C19H27N3O2/c1-14-7-3-5-9-16(14)20-19(23)21-17-13-22(11-12-24-2)18-10-6-4-8-15(17)18/h4,6,8,10,13-14,16H,3,5,7,9,11-12H2,1-2H3,(H2,20,21,23). The number of ether oxygens (including phenoxy) is 1. The fraction of sp³-hybridized carbons (Fsp3) is 0.526. The molecule has 2 atom stereocenters. The lowest BCUT2D eigenvalue weighted by atomic mass is 9.86. The smallest absolute Gasteiger partial charge is 0.319 e. The summed E-state index contributed by atoms with van der Waals surface area (Å²) in [5, 5.41) is 7.24. The fourth-order valence-corrected chi connectivity index (χ4v) is 3.58. The predicted molar refractivity (Wildman–Crippen MR) is 97.4 cm³/mol. The quantitative estimate of drug-likeness (QED) is 0.871. The van der Waals surface area contributed by atoms with Gasteiger partial charge in [0.05, 0.1) is 17.8 Å². The van der Waals surface area contributed by atoms with E-state index >= 15 is 0 Å². The number of carbonyl (C=O) groups excluding carboxylic acids is 1. The van der Waals surface area contributed by atoms with Crippen LogP contribution in [0.4, 0.5) is 10.5 Å². The van der Waals surface area contributed by atoms with Crippen molar-refractivity contribution in [1.29, 1.82) is 0 Å². The number of urea groups is 1. The minimum absolute atomic E-state index is 0.108. The van der Waals surface area contributed by atoms with E-state index in [4.69, 9.17) is 4.74 Å². The molecule has 3 rings (SSSR count). The Morgan fingerprint density at radius 1 is 1.29 bits per heavy atom. The molecular formula is C19H27N3O2. The molecule has 1 aliphatic carbocycles. The lowest BCUT2D eigenvalue weighted by Gasteiger charge is -2.29. The molecule has 0 bridgehead atoms. The van der Waals surface area contributed by atoms with E-state index in [1.165, 1.54) is 19.3 Å². The van der Waals surface area contributed by atoms with Crippen molar-refractivity contribution in [2.24, 2.45) is 5.92 Å². The van der Waals surface area contributed by atoms with Crippen LogP contribution < -0.4 is 10.6 Å². The minimum Gasteiger partial charge on any atom is -0.383 e. The van der Waals surface area contributed by atoms with Gasteiger partial charge >= 0.3 is 6.03 Å². The molecule has 0 saturated heterocycles. The topological polar surface area (TPSA) is 55.3 Å². The van der Waals surface area contributed by atoms with Crippen LogP contribution in [0, 0.1) is 5.92 Å². The molecule has 0 radical (unpaired) electrons. The highest BCUT2D eigenvalue weighted by Gasteiger charge is 2.23. The van der Waals surface area contributed by atoms with Crippen molar-refractivity contribution >= 4 is 22.6 Å². The van der Waals surface area contributed by atoms with Crippen molar-refractivity contribution in [2.75, 3.05) is 19.0 Å². The third kappa shape index (κ3) is 3.73. The lowest BCUT2D eigenvalue weighted by molar-refractivity contribution is 0.188. The molecule has 0 spiro atoms. The molecule has 1 aliphatic rings. The number of methoxy groups -OCH3 is 1. The van der Waals surface area contributed by atoms with Crippen molar-refractivity contribution in [3.8, 4) is 0 Å². The summed E-state index contributed by atoms with van der Waals surface area (Å²) in [6.07, 6.45) is 6.73. The van der Waals surface area contributed by atoms with Crippen LogP contribution in [0.5, 0.6) is 0 Å². The Kier molecular flexibility index (Phi) is 5.41. The maximum atomic E-state index is 12.4. The number of benzene rings is 1. The van der Waals surface area contributed by atoms with Crippen LogP contribution in [0.2, 0.25) is 0 Å². The number of rotatable bonds is 5. The van der Waals surface area contributed by atoms with Gasteiger partial charge in [-0.2, -0.15) is 0 Å². The summed E-state index contributed by atoms with van der Waals surface area (Å²) in [7, 11) is 1.70. The fourth-order valence-electron chi connectivity index (χ4n) is 3.58. The Labute approximate surface area is 143 Å². The highest BCUT2D eigenvalue weighted by Crippen LogP contribution is 2.27. The summed E-state index contributed by atoms with van der Waals surface area (Å²) in [5.41, 5.74) is 1.96. The van der Waals surface area contributed by atoms with Gasteiger partial charge in [-0.3, -0.25) is 0 Å². The number of nitrogens with one attached hydrogen (secondary N) is 2. The van der Waals surface area contributed by atoms with Crippen LogP contribution >= 0.6 is 0 Å². The van der Waals surface area contributed by atoms with E-state index < -0.39 is 0 Å². The van der Waals surface area contributed by atoms with Gasteiger partial charge in [-0.1, -0.05) is 38.0 Å². The van der Waals surface area contributed by atoms with E-state index in [0.29, 0.717) is 12.5 Å². The van der Waals surface area contributed by atoms with Crippen molar-refractivity contribution in [3.63, 3.8) is 0 Å². The monoisotopic (exact) mass is 329 g/mol. The molecule has 2 amide bonds. The maximum Gasteiger partial charge on any atom is 0.319 e. The molecule has 1 fully saturated rings. The molecule has 2 aromatic rings. The Bertz CT molecular complexity index is 695. The largest absolute Gasteiger partial charge is 0.383 e. The van der Waals surface area contributed by atoms with Gasteiger partial charge in [0.1, 0.15) is 0 Å². The van der Waals surface area contributed by atoms with Gasteiger partial charge in [0, 0.05) is 31.3 Å². The summed E-state index contributed by atoms with van der Waals surface area (Å²) in [6, 6.07) is 8.28. The normalized spacial score (nSPS) is 20.9. The second-order valence-electron chi connectivity index (χ2n) is 6.71. The molecular weight excluding hydrogens is 302 g/mol. The number of hydrogen-bond donors (Lipinski definition) is 2. The summed E-state index contributed by atoms with van der Waals surface area (Å²) in [5.74, 6) is 0.549. The molecule has 2 N–H and O–H groups in total. The van der Waals surface area contributed by atoms with Gasteiger partial charge in [0.2, 0.25) is 0 Å². The second-order valence-corrected chi connectivity index (χ2v) is 6.71. The molecule has 0 aliphatic heterocycles. The molecule has 1 heterocycles. The highest BCUT2D eigenvalue weighted by molar-refractivity contribution is 6.01. The molecule has 5 heteroatoms. The van der Waals surface area contributed by atoms with Crippen LogP contribution in [0.3, 0.4) is 0 Å². The number of nitrogens with zero attached hydrogens (tertiary/aromatic N) is 1. The highest BCUT2D eigenvalue weighted by atomic mass is 16.5. The van der Waals surface area contributed by atoms with E-state index in [9.17, 15) is 4.79 Å². The van der Waals surface area contributed by atoms with Crippen LogP contribution in [-0.2, 0) is 11.3 Å². The van der Waals surface area contributed by atoms with Crippen LogP contribution in [0.15, 0.2) is 30.5 Å². The number of para-hydroxylation sites is 1. The molecule has 5 nitrogen and oxygen atoms in total. The first-order chi connectivity index (χ1) is 11.7. The molecule has 1 saturated carbocycles. The summed E-state index contributed by atoms with van der Waals surface area (Å²) in [4.78, 5) is 12.4. The van der Waals surface area contributed by atoms with Gasteiger partial charge in [0.25, 0.3) is 0 Å². The Balaban J connectivity index is 1.73. The molecule has 130 valence electrons. The van der Waals surface area contributed by atoms with Crippen LogP contribution in [-0.4, -0.2) is 30.4 Å². The lowest BCUT2D eigenvalue weighted by Crippen LogP contribution is -2.43. The summed E-state index contributed by atoms with van der Waals surface area (Å²) >= 11 is 0. The van der Waals surface area contributed by atoms with Crippen molar-refractivity contribution in [2.45, 2.75) is 45.2 Å². The number of anilines is 1. The maximum absolute atomic E-state index is 12.4. The Morgan fingerprint density at radius 3 is 2.88 bits per heavy atom. The van der Waals surface area contributed by atoms with Gasteiger partial charge in [-0.25, -0.2) is 4.79 Å². The van der Waals surface area contributed by atoms with Crippen molar-refractivity contribution in [3.05, 3.63) is 30.5 Å². The zero-order valence-electron chi connectivity index (χ0n) is 14.5. The van der Waals surface area contributed by atoms with E-state index in [1.807, 2.05) is 24.4 Å². The number of hydrogen-bond acceptors (Lipinski definition) is 2. The zero-order chi connectivity index (χ0) is 16.9. The third-order valence-corrected chi connectivity index (χ3v) is 5.00. The molecule has 2 unspecified atom stereocenters. The SMILES string of the molecule is COCCn1cc(NC(=O)NC2CCCCC2C)c2ccccc21. The Morgan fingerprint density at radius 2 is 2.08 bits per heavy atom. The van der Waals surface area contributed by atoms with Gasteiger partial charge < -0.3 is 19.9 Å². The van der Waals surface area contributed by atoms with Crippen molar-refractivity contribution in [1.82, 2.24) is 9.88 Å². The Hall–Kier alpha value is -2.01.